The Morgan fingerprint density at radius 2 is 1.80 bits per heavy atom. The average molecular weight is 140 g/mol. The second-order valence-electron chi connectivity index (χ2n) is 2.40. The Morgan fingerprint density at radius 3 is 1.80 bits per heavy atom. The Labute approximate surface area is 60.5 Å². The van der Waals surface area contributed by atoms with Gasteiger partial charge in [-0.2, -0.15) is 0 Å². The van der Waals surface area contributed by atoms with Gasteiger partial charge in [0.2, 0.25) is 0 Å². The van der Waals surface area contributed by atoms with Crippen LogP contribution in [0.1, 0.15) is 0 Å². The molecule has 2 saturated heterocycles. The van der Waals surface area contributed by atoms with Crippen LogP contribution in [0.3, 0.4) is 0 Å². The van der Waals surface area contributed by atoms with E-state index >= 15 is 0 Å². The van der Waals surface area contributed by atoms with Gasteiger partial charge in [0.1, 0.15) is 6.29 Å². The van der Waals surface area contributed by atoms with E-state index in [1.54, 1.807) is 0 Å². The van der Waals surface area contributed by atoms with Crippen LogP contribution in [0, 0.1) is 0 Å². The van der Waals surface area contributed by atoms with Crippen LogP contribution in [0.5, 0.6) is 0 Å². The molecule has 0 aromatic carbocycles. The molecule has 2 aliphatic heterocycles. The molecule has 2 unspecified atom stereocenters. The third-order valence-corrected chi connectivity index (χ3v) is 1.33. The first-order valence-electron chi connectivity index (χ1n) is 3.41. The lowest BCUT2D eigenvalue weighted by Gasteiger charge is -1.62. The molecule has 3 nitrogen and oxygen atoms in total. The van der Waals surface area contributed by atoms with Gasteiger partial charge in [0.25, 0.3) is 0 Å². The normalized spacial score (nSPS) is 33.2. The molecule has 2 fully saturated rings. The zero-order valence-electron chi connectivity index (χ0n) is 5.84. The third-order valence-electron chi connectivity index (χ3n) is 1.33. The molecule has 3 heteroatoms. The summed E-state index contributed by atoms with van der Waals surface area (Å²) in [6.45, 7) is 5.59. The van der Waals surface area contributed by atoms with Crippen molar-refractivity contribution in [3.8, 4) is 0 Å². The molecule has 0 aromatic heterocycles. The predicted octanol–water partition coefficient (Wildman–Crippen LogP) is -0.699. The molecule has 2 aliphatic rings. The van der Waals surface area contributed by atoms with Gasteiger partial charge in [0, 0.05) is 19.1 Å². The monoisotopic (exact) mass is 140 g/mol. The highest BCUT2D eigenvalue weighted by Gasteiger charge is 2.17. The van der Waals surface area contributed by atoms with Crippen LogP contribution in [0.15, 0.2) is 12.7 Å². The van der Waals surface area contributed by atoms with Crippen LogP contribution < -0.4 is 10.6 Å². The van der Waals surface area contributed by atoms with Crippen LogP contribution in [0.2, 0.25) is 0 Å². The fourth-order valence-corrected chi connectivity index (χ4v) is 0.399. The van der Waals surface area contributed by atoms with Crippen LogP contribution in [-0.4, -0.2) is 31.5 Å². The number of carbonyl (C=O) groups is 1. The minimum atomic E-state index is 0.204. The summed E-state index contributed by atoms with van der Waals surface area (Å²) in [4.78, 5) is 9.50. The van der Waals surface area contributed by atoms with Crippen LogP contribution >= 0.6 is 0 Å². The van der Waals surface area contributed by atoms with Gasteiger partial charge in [-0.05, 0) is 0 Å². The smallest absolute Gasteiger partial charge is 0.138 e. The van der Waals surface area contributed by atoms with E-state index in [2.05, 4.69) is 17.2 Å². The Balaban J connectivity index is 0.0000001000. The second kappa shape index (κ2) is 3.49. The molecule has 2 rings (SSSR count). The lowest BCUT2D eigenvalue weighted by molar-refractivity contribution is -0.107. The van der Waals surface area contributed by atoms with Crippen molar-refractivity contribution in [2.24, 2.45) is 0 Å². The summed E-state index contributed by atoms with van der Waals surface area (Å²) in [6, 6.07) is 0.852. The molecular weight excluding hydrogens is 128 g/mol. The van der Waals surface area contributed by atoms with E-state index in [0.29, 0.717) is 6.04 Å². The lowest BCUT2D eigenvalue weighted by Crippen LogP contribution is -1.86. The number of hydrogen-bond acceptors (Lipinski definition) is 3. The first kappa shape index (κ1) is 7.44. The zero-order valence-corrected chi connectivity index (χ0v) is 5.84. The summed E-state index contributed by atoms with van der Waals surface area (Å²) in [5.74, 6) is 0. The highest BCUT2D eigenvalue weighted by molar-refractivity contribution is 5.61. The molecule has 2 atom stereocenters. The van der Waals surface area contributed by atoms with Crippen molar-refractivity contribution < 1.29 is 4.79 Å². The van der Waals surface area contributed by atoms with Crippen LogP contribution in [-0.2, 0) is 4.79 Å². The van der Waals surface area contributed by atoms with Gasteiger partial charge in [-0.3, -0.25) is 0 Å². The fourth-order valence-electron chi connectivity index (χ4n) is 0.399. The van der Waals surface area contributed by atoms with E-state index in [4.69, 9.17) is 0 Å². The molecule has 0 radical (unpaired) electrons. The molecule has 0 spiro atoms. The maximum Gasteiger partial charge on any atom is 0.138 e. The molecule has 0 aromatic rings. The molecule has 0 saturated carbocycles. The van der Waals surface area contributed by atoms with Crippen molar-refractivity contribution in [1.82, 2.24) is 10.6 Å². The van der Waals surface area contributed by atoms with Gasteiger partial charge in [0.05, 0.1) is 6.04 Å². The summed E-state index contributed by atoms with van der Waals surface area (Å²) >= 11 is 0. The third kappa shape index (κ3) is 3.37. The fraction of sp³-hybridized carbons (Fsp3) is 0.571. The maximum absolute atomic E-state index is 9.50. The van der Waals surface area contributed by atoms with Gasteiger partial charge in [0.15, 0.2) is 0 Å². The first-order chi connectivity index (χ1) is 4.86. The first-order valence-corrected chi connectivity index (χ1v) is 3.41. The summed E-state index contributed by atoms with van der Waals surface area (Å²) in [5.41, 5.74) is 0. The van der Waals surface area contributed by atoms with Crippen molar-refractivity contribution in [3.63, 3.8) is 0 Å². The van der Waals surface area contributed by atoms with E-state index in [0.717, 1.165) is 19.4 Å². The summed E-state index contributed by atoms with van der Waals surface area (Å²) in [7, 11) is 0. The van der Waals surface area contributed by atoms with E-state index in [1.807, 2.05) is 6.08 Å². The Morgan fingerprint density at radius 1 is 1.30 bits per heavy atom. The number of hydrogen-bond donors (Lipinski definition) is 2. The summed E-state index contributed by atoms with van der Waals surface area (Å²) in [5, 5.41) is 5.88. The van der Waals surface area contributed by atoms with Crippen LogP contribution in [0.4, 0.5) is 0 Å². The molecular formula is C7H12N2O. The summed E-state index contributed by atoms with van der Waals surface area (Å²) in [6.07, 6.45) is 2.83. The second-order valence-corrected chi connectivity index (χ2v) is 2.40. The van der Waals surface area contributed by atoms with E-state index < -0.39 is 0 Å². The van der Waals surface area contributed by atoms with Crippen molar-refractivity contribution in [2.75, 3.05) is 13.1 Å². The Hall–Kier alpha value is -0.670. The maximum atomic E-state index is 9.50. The Bertz CT molecular complexity index is 112. The van der Waals surface area contributed by atoms with Gasteiger partial charge < -0.3 is 15.4 Å². The molecule has 0 aliphatic carbocycles. The van der Waals surface area contributed by atoms with E-state index in [1.165, 1.54) is 0 Å². The molecule has 56 valence electrons. The van der Waals surface area contributed by atoms with Gasteiger partial charge in [-0.25, -0.2) is 0 Å². The van der Waals surface area contributed by atoms with Crippen LogP contribution in [0.25, 0.3) is 0 Å². The van der Waals surface area contributed by atoms with Crippen molar-refractivity contribution in [2.45, 2.75) is 12.1 Å². The highest BCUT2D eigenvalue weighted by Crippen LogP contribution is 1.93. The minimum absolute atomic E-state index is 0.204. The molecule has 2 heterocycles. The summed E-state index contributed by atoms with van der Waals surface area (Å²) < 4.78 is 0. The largest absolute Gasteiger partial charge is 0.307 e. The van der Waals surface area contributed by atoms with Crippen molar-refractivity contribution in [3.05, 3.63) is 12.7 Å². The number of rotatable bonds is 2. The average Bonchev–Trinajstić information content (AvgIpc) is 2.86. The van der Waals surface area contributed by atoms with Crippen molar-refractivity contribution >= 4 is 6.29 Å². The molecule has 0 bridgehead atoms. The topological polar surface area (TPSA) is 61.0 Å². The minimum Gasteiger partial charge on any atom is -0.307 e. The Kier molecular flexibility index (Phi) is 2.59. The van der Waals surface area contributed by atoms with E-state index in [-0.39, 0.29) is 6.04 Å². The standard InChI is InChI=1S/C4H7N.C3H5NO/c1-2-4-3-5-4;5-2-3-1-4-3/h2,4-5H,1,3H2;2-4H,1H2. The predicted molar refractivity (Wildman–Crippen MR) is 39.8 cm³/mol. The number of nitrogens with one attached hydrogen (secondary N) is 2. The molecule has 2 N–H and O–H groups in total. The molecule has 0 amide bonds. The number of carbonyl (C=O) groups excluding carboxylic acids is 1. The van der Waals surface area contributed by atoms with Gasteiger partial charge in [-0.15, -0.1) is 6.58 Å². The highest BCUT2D eigenvalue weighted by atomic mass is 16.1. The van der Waals surface area contributed by atoms with Gasteiger partial charge >= 0.3 is 0 Å². The number of aldehydes is 1. The zero-order chi connectivity index (χ0) is 7.40. The lowest BCUT2D eigenvalue weighted by atomic mass is 10.5. The van der Waals surface area contributed by atoms with Gasteiger partial charge in [-0.1, -0.05) is 6.08 Å². The van der Waals surface area contributed by atoms with Crippen molar-refractivity contribution in [1.29, 1.82) is 0 Å². The molecule has 10 heavy (non-hydrogen) atoms. The SMILES string of the molecule is C=CC1CN1.O=CC1CN1. The quantitative estimate of drug-likeness (QED) is 0.303. The van der Waals surface area contributed by atoms with E-state index in [9.17, 15) is 4.79 Å².